The second-order valence-corrected chi connectivity index (χ2v) is 4.60. The first-order chi connectivity index (χ1) is 6.77. The third-order valence-corrected chi connectivity index (χ3v) is 3.60. The summed E-state index contributed by atoms with van der Waals surface area (Å²) in [4.78, 5) is 2.36. The largest absolute Gasteiger partial charge is 0.369 e. The van der Waals surface area contributed by atoms with Crippen molar-refractivity contribution >= 4 is 33.2 Å². The number of nitrogens with one attached hydrogen (secondary N) is 1. The fourth-order valence-electron chi connectivity index (χ4n) is 1.60. The molecule has 1 aliphatic heterocycles. The summed E-state index contributed by atoms with van der Waals surface area (Å²) < 4.78 is 0.968. The van der Waals surface area contributed by atoms with Gasteiger partial charge in [-0.1, -0.05) is 11.6 Å². The fourth-order valence-corrected chi connectivity index (χ4v) is 2.09. The van der Waals surface area contributed by atoms with Crippen LogP contribution in [0, 0.1) is 0 Å². The molecule has 0 atom stereocenters. The fraction of sp³-hybridized carbons (Fsp3) is 0.400. The van der Waals surface area contributed by atoms with Gasteiger partial charge < -0.3 is 10.2 Å². The first kappa shape index (κ1) is 10.3. The third kappa shape index (κ3) is 2.22. The SMILES string of the molecule is Clc1ccc(N2CCNCC2)cc1Br. The lowest BCUT2D eigenvalue weighted by Gasteiger charge is -2.29. The molecule has 0 spiro atoms. The van der Waals surface area contributed by atoms with Gasteiger partial charge in [-0.2, -0.15) is 0 Å². The van der Waals surface area contributed by atoms with Crippen molar-refractivity contribution in [1.29, 1.82) is 0 Å². The van der Waals surface area contributed by atoms with Crippen molar-refractivity contribution in [3.05, 3.63) is 27.7 Å². The molecule has 1 aliphatic rings. The van der Waals surface area contributed by atoms with E-state index in [9.17, 15) is 0 Å². The zero-order chi connectivity index (χ0) is 9.97. The molecule has 14 heavy (non-hydrogen) atoms. The summed E-state index contributed by atoms with van der Waals surface area (Å²) in [5.41, 5.74) is 1.24. The van der Waals surface area contributed by atoms with Gasteiger partial charge in [0.1, 0.15) is 0 Å². The Labute approximate surface area is 97.4 Å². The average Bonchev–Trinajstić information content (AvgIpc) is 2.23. The van der Waals surface area contributed by atoms with Gasteiger partial charge in [0.15, 0.2) is 0 Å². The molecule has 2 nitrogen and oxygen atoms in total. The van der Waals surface area contributed by atoms with E-state index in [0.29, 0.717) is 0 Å². The number of benzene rings is 1. The van der Waals surface area contributed by atoms with Gasteiger partial charge in [-0.05, 0) is 34.1 Å². The minimum atomic E-state index is 0.767. The quantitative estimate of drug-likeness (QED) is 0.847. The van der Waals surface area contributed by atoms with Crippen LogP contribution in [0.4, 0.5) is 5.69 Å². The molecule has 1 fully saturated rings. The van der Waals surface area contributed by atoms with Crippen LogP contribution in [-0.2, 0) is 0 Å². The van der Waals surface area contributed by atoms with Gasteiger partial charge >= 0.3 is 0 Å². The van der Waals surface area contributed by atoms with Crippen molar-refractivity contribution in [2.24, 2.45) is 0 Å². The molecule has 0 aromatic heterocycles. The van der Waals surface area contributed by atoms with Gasteiger partial charge in [0, 0.05) is 36.3 Å². The summed E-state index contributed by atoms with van der Waals surface area (Å²) in [5, 5.41) is 4.10. The molecule has 0 saturated carbocycles. The zero-order valence-corrected chi connectivity index (χ0v) is 10.1. The summed E-state index contributed by atoms with van der Waals surface area (Å²) >= 11 is 9.38. The van der Waals surface area contributed by atoms with Crippen LogP contribution in [0.25, 0.3) is 0 Å². The van der Waals surface area contributed by atoms with E-state index in [1.54, 1.807) is 0 Å². The summed E-state index contributed by atoms with van der Waals surface area (Å²) in [6, 6.07) is 6.08. The monoisotopic (exact) mass is 274 g/mol. The lowest BCUT2D eigenvalue weighted by atomic mass is 10.2. The van der Waals surface area contributed by atoms with E-state index in [1.165, 1.54) is 5.69 Å². The topological polar surface area (TPSA) is 15.3 Å². The zero-order valence-electron chi connectivity index (χ0n) is 7.76. The van der Waals surface area contributed by atoms with Gasteiger partial charge in [-0.15, -0.1) is 0 Å². The molecule has 0 bridgehead atoms. The van der Waals surface area contributed by atoms with E-state index >= 15 is 0 Å². The van der Waals surface area contributed by atoms with Crippen LogP contribution in [0.3, 0.4) is 0 Å². The standard InChI is InChI=1S/C10H12BrClN2/c11-9-7-8(1-2-10(9)12)14-5-3-13-4-6-14/h1-2,7,13H,3-6H2. The molecule has 1 N–H and O–H groups in total. The minimum Gasteiger partial charge on any atom is -0.369 e. The van der Waals surface area contributed by atoms with Crippen molar-refractivity contribution in [2.45, 2.75) is 0 Å². The molecule has 2 rings (SSSR count). The van der Waals surface area contributed by atoms with Crippen molar-refractivity contribution in [3.8, 4) is 0 Å². The number of hydrogen-bond donors (Lipinski definition) is 1. The highest BCUT2D eigenvalue weighted by atomic mass is 79.9. The summed E-state index contributed by atoms with van der Waals surface area (Å²) in [6.45, 7) is 4.24. The van der Waals surface area contributed by atoms with E-state index in [4.69, 9.17) is 11.6 Å². The van der Waals surface area contributed by atoms with Gasteiger partial charge in [0.25, 0.3) is 0 Å². The second-order valence-electron chi connectivity index (χ2n) is 3.34. The number of nitrogens with zero attached hydrogens (tertiary/aromatic N) is 1. The van der Waals surface area contributed by atoms with Gasteiger partial charge in [-0.3, -0.25) is 0 Å². The Hall–Kier alpha value is -0.250. The van der Waals surface area contributed by atoms with Gasteiger partial charge in [0.05, 0.1) is 5.02 Å². The third-order valence-electron chi connectivity index (χ3n) is 2.39. The summed E-state index contributed by atoms with van der Waals surface area (Å²) in [6.07, 6.45) is 0. The van der Waals surface area contributed by atoms with Crippen LogP contribution in [0.1, 0.15) is 0 Å². The predicted octanol–water partition coefficient (Wildman–Crippen LogP) is 2.51. The first-order valence-electron chi connectivity index (χ1n) is 4.68. The van der Waals surface area contributed by atoms with Crippen LogP contribution >= 0.6 is 27.5 Å². The molecular formula is C10H12BrClN2. The van der Waals surface area contributed by atoms with Crippen LogP contribution in [0.2, 0.25) is 5.02 Å². The molecule has 0 aliphatic carbocycles. The van der Waals surface area contributed by atoms with Crippen LogP contribution in [-0.4, -0.2) is 26.2 Å². The van der Waals surface area contributed by atoms with Crippen molar-refractivity contribution in [1.82, 2.24) is 5.32 Å². The number of piperazine rings is 1. The van der Waals surface area contributed by atoms with Crippen LogP contribution in [0.5, 0.6) is 0 Å². The van der Waals surface area contributed by atoms with E-state index in [-0.39, 0.29) is 0 Å². The predicted molar refractivity (Wildman–Crippen MR) is 64.2 cm³/mol. The van der Waals surface area contributed by atoms with E-state index < -0.39 is 0 Å². The Balaban J connectivity index is 2.18. The summed E-state index contributed by atoms with van der Waals surface area (Å²) in [5.74, 6) is 0. The molecular weight excluding hydrogens is 263 g/mol. The van der Waals surface area contributed by atoms with Crippen molar-refractivity contribution < 1.29 is 0 Å². The minimum absolute atomic E-state index is 0.767. The lowest BCUT2D eigenvalue weighted by Crippen LogP contribution is -2.43. The molecule has 1 aromatic rings. The smallest absolute Gasteiger partial charge is 0.0549 e. The number of hydrogen-bond acceptors (Lipinski definition) is 2. The Morgan fingerprint density at radius 2 is 2.00 bits per heavy atom. The van der Waals surface area contributed by atoms with E-state index in [0.717, 1.165) is 35.7 Å². The van der Waals surface area contributed by atoms with Crippen molar-refractivity contribution in [3.63, 3.8) is 0 Å². The van der Waals surface area contributed by atoms with Crippen LogP contribution in [0.15, 0.2) is 22.7 Å². The van der Waals surface area contributed by atoms with Gasteiger partial charge in [-0.25, -0.2) is 0 Å². The van der Waals surface area contributed by atoms with E-state index in [1.807, 2.05) is 6.07 Å². The van der Waals surface area contributed by atoms with Crippen LogP contribution < -0.4 is 10.2 Å². The number of anilines is 1. The highest BCUT2D eigenvalue weighted by molar-refractivity contribution is 9.10. The Bertz CT molecular complexity index is 324. The first-order valence-corrected chi connectivity index (χ1v) is 5.85. The maximum Gasteiger partial charge on any atom is 0.0549 e. The maximum absolute atomic E-state index is 5.94. The molecule has 0 unspecified atom stereocenters. The molecule has 1 saturated heterocycles. The highest BCUT2D eigenvalue weighted by Gasteiger charge is 2.10. The highest BCUT2D eigenvalue weighted by Crippen LogP contribution is 2.27. The van der Waals surface area contributed by atoms with Gasteiger partial charge in [0.2, 0.25) is 0 Å². The second kappa shape index (κ2) is 4.51. The van der Waals surface area contributed by atoms with Crippen molar-refractivity contribution in [2.75, 3.05) is 31.1 Å². The van der Waals surface area contributed by atoms with E-state index in [2.05, 4.69) is 38.3 Å². The Morgan fingerprint density at radius 3 is 2.64 bits per heavy atom. The molecule has 0 radical (unpaired) electrons. The Kier molecular flexibility index (Phi) is 3.31. The normalized spacial score (nSPS) is 17.1. The maximum atomic E-state index is 5.94. The Morgan fingerprint density at radius 1 is 1.29 bits per heavy atom. The molecule has 0 amide bonds. The molecule has 1 heterocycles. The summed E-state index contributed by atoms with van der Waals surface area (Å²) in [7, 11) is 0. The molecule has 76 valence electrons. The lowest BCUT2D eigenvalue weighted by molar-refractivity contribution is 0.589. The number of halogens is 2. The molecule has 4 heteroatoms. The number of rotatable bonds is 1. The average molecular weight is 276 g/mol. The molecule has 1 aromatic carbocycles.